The Bertz CT molecular complexity index is 382. The molecule has 5 nitrogen and oxygen atoms in total. The molecule has 0 aromatic carbocycles. The molecule has 0 saturated heterocycles. The minimum absolute atomic E-state index is 0.344. The van der Waals surface area contributed by atoms with Crippen LogP contribution in [0.2, 0.25) is 0 Å². The Morgan fingerprint density at radius 3 is 1.74 bits per heavy atom. The summed E-state index contributed by atoms with van der Waals surface area (Å²) < 4.78 is 30.9. The number of nitrogens with zero attached hydrogens (tertiary/aromatic N) is 1. The first-order valence-corrected chi connectivity index (χ1v) is 10.7. The van der Waals surface area contributed by atoms with E-state index in [-0.39, 0.29) is 0 Å². The van der Waals surface area contributed by atoms with E-state index in [0.717, 1.165) is 13.0 Å². The summed E-state index contributed by atoms with van der Waals surface area (Å²) in [7, 11) is -0.126. The van der Waals surface area contributed by atoms with Gasteiger partial charge in [-0.1, -0.05) is 58.3 Å². The smallest absolute Gasteiger partial charge is 0.267 e. The third-order valence-electron chi connectivity index (χ3n) is 4.22. The van der Waals surface area contributed by atoms with Crippen LogP contribution in [0.1, 0.15) is 71.1 Å². The van der Waals surface area contributed by atoms with E-state index in [9.17, 15) is 13.5 Å². The Hall–Kier alpha value is -0.170. The van der Waals surface area contributed by atoms with Crippen LogP contribution in [0, 0.1) is 0 Å². The van der Waals surface area contributed by atoms with Crippen molar-refractivity contribution in [2.24, 2.45) is 0 Å². The Balaban J connectivity index is 3.62. The molecule has 0 aliphatic heterocycles. The van der Waals surface area contributed by atoms with E-state index in [4.69, 9.17) is 4.55 Å². The summed E-state index contributed by atoms with van der Waals surface area (Å²) in [6.07, 6.45) is 11.9. The zero-order chi connectivity index (χ0) is 17.8. The van der Waals surface area contributed by atoms with Gasteiger partial charge >= 0.3 is 0 Å². The van der Waals surface area contributed by atoms with Crippen molar-refractivity contribution < 1.29 is 22.6 Å². The van der Waals surface area contributed by atoms with E-state index in [2.05, 4.69) is 6.92 Å². The highest BCUT2D eigenvalue weighted by atomic mass is 32.2. The number of hydrogen-bond acceptors (Lipinski definition) is 3. The molecule has 0 radical (unpaired) electrons. The molecule has 1 atom stereocenters. The van der Waals surface area contributed by atoms with E-state index >= 15 is 0 Å². The van der Waals surface area contributed by atoms with E-state index < -0.39 is 22.0 Å². The fraction of sp³-hybridized carbons (Fsp3) is 1.00. The van der Waals surface area contributed by atoms with Crippen LogP contribution in [0.3, 0.4) is 0 Å². The first kappa shape index (κ1) is 22.8. The summed E-state index contributed by atoms with van der Waals surface area (Å²) >= 11 is 0. The molecule has 0 fully saturated rings. The van der Waals surface area contributed by atoms with Crippen LogP contribution in [0.25, 0.3) is 0 Å². The molecule has 0 heterocycles. The summed E-state index contributed by atoms with van der Waals surface area (Å²) in [5, 5.41) is 9.73. The second kappa shape index (κ2) is 12.2. The van der Waals surface area contributed by atoms with Crippen LogP contribution in [-0.2, 0) is 10.1 Å². The summed E-state index contributed by atoms with van der Waals surface area (Å²) in [6.45, 7) is 3.50. The van der Waals surface area contributed by atoms with Gasteiger partial charge in [-0.15, -0.1) is 0 Å². The van der Waals surface area contributed by atoms with Gasteiger partial charge in [-0.05, 0) is 12.8 Å². The Morgan fingerprint density at radius 1 is 0.870 bits per heavy atom. The summed E-state index contributed by atoms with van der Waals surface area (Å²) in [5.41, 5.74) is 0. The molecule has 2 N–H and O–H groups in total. The third-order valence-corrected chi connectivity index (χ3v) is 5.03. The number of quaternary nitrogens is 1. The number of rotatable bonds is 15. The molecular formula is C17H38NO4S+. The maximum Gasteiger partial charge on any atom is 0.267 e. The van der Waals surface area contributed by atoms with Crippen molar-refractivity contribution in [3.63, 3.8) is 0 Å². The first-order chi connectivity index (χ1) is 10.7. The van der Waals surface area contributed by atoms with Gasteiger partial charge in [-0.2, -0.15) is 8.42 Å². The molecule has 0 aliphatic carbocycles. The monoisotopic (exact) mass is 352 g/mol. The highest BCUT2D eigenvalue weighted by Gasteiger charge is 2.23. The van der Waals surface area contributed by atoms with Gasteiger partial charge in [0.2, 0.25) is 0 Å². The van der Waals surface area contributed by atoms with Crippen molar-refractivity contribution in [3.8, 4) is 0 Å². The zero-order valence-electron chi connectivity index (χ0n) is 15.3. The number of aliphatic hydroxyl groups is 1. The topological polar surface area (TPSA) is 74.6 Å². The number of hydrogen-bond donors (Lipinski definition) is 2. The quantitative estimate of drug-likeness (QED) is 0.269. The lowest BCUT2D eigenvalue weighted by molar-refractivity contribution is -0.893. The van der Waals surface area contributed by atoms with Gasteiger partial charge in [-0.25, -0.2) is 0 Å². The van der Waals surface area contributed by atoms with Crippen molar-refractivity contribution in [2.45, 2.75) is 77.2 Å². The van der Waals surface area contributed by atoms with Gasteiger partial charge in [0.15, 0.2) is 0 Å². The molecule has 6 heteroatoms. The standard InChI is InChI=1S/C17H37NO4S/c1-4-5-6-7-8-9-10-11-12-13-14-18(2,3)15-17(19)16-23(20,21)22/h17,19H,4-16H2,1-3H3/p+1/t17-/m0/s1. The van der Waals surface area contributed by atoms with Crippen LogP contribution in [0.5, 0.6) is 0 Å². The predicted octanol–water partition coefficient (Wildman–Crippen LogP) is 3.23. The molecule has 0 rings (SSSR count). The predicted molar refractivity (Wildman–Crippen MR) is 96.1 cm³/mol. The van der Waals surface area contributed by atoms with Gasteiger partial charge < -0.3 is 9.59 Å². The van der Waals surface area contributed by atoms with Crippen molar-refractivity contribution in [1.29, 1.82) is 0 Å². The lowest BCUT2D eigenvalue weighted by Crippen LogP contribution is -2.47. The fourth-order valence-corrected chi connectivity index (χ4v) is 3.58. The van der Waals surface area contributed by atoms with Crippen LogP contribution in [-0.4, -0.2) is 61.6 Å². The second-order valence-electron chi connectivity index (χ2n) is 7.43. The van der Waals surface area contributed by atoms with Crippen molar-refractivity contribution in [1.82, 2.24) is 0 Å². The molecule has 140 valence electrons. The number of unbranched alkanes of at least 4 members (excludes halogenated alkanes) is 9. The van der Waals surface area contributed by atoms with Crippen LogP contribution >= 0.6 is 0 Å². The van der Waals surface area contributed by atoms with Crippen molar-refractivity contribution >= 4 is 10.1 Å². The fourth-order valence-electron chi connectivity index (χ4n) is 2.98. The third kappa shape index (κ3) is 16.5. The molecule has 23 heavy (non-hydrogen) atoms. The molecule has 0 aliphatic rings. The minimum Gasteiger partial charge on any atom is -0.386 e. The second-order valence-corrected chi connectivity index (χ2v) is 8.92. The molecule has 0 aromatic heterocycles. The number of likely N-dealkylation sites (N-methyl/N-ethyl adjacent to an activating group) is 1. The SMILES string of the molecule is CCCCCCCCCCCC[N+](C)(C)C[C@H](O)CS(=O)(=O)O. The van der Waals surface area contributed by atoms with E-state index in [1.54, 1.807) is 0 Å². The Morgan fingerprint density at radius 2 is 1.30 bits per heavy atom. The highest BCUT2D eigenvalue weighted by Crippen LogP contribution is 2.12. The zero-order valence-corrected chi connectivity index (χ0v) is 16.2. The van der Waals surface area contributed by atoms with Gasteiger partial charge in [-0.3, -0.25) is 4.55 Å². The Labute approximate surface area is 143 Å². The maximum atomic E-state index is 10.8. The van der Waals surface area contributed by atoms with Gasteiger partial charge in [0, 0.05) is 0 Å². The summed E-state index contributed by atoms with van der Waals surface area (Å²) in [5.74, 6) is -0.577. The molecule has 0 saturated carbocycles. The average Bonchev–Trinajstić information content (AvgIpc) is 2.37. The molecule has 0 aromatic rings. The summed E-state index contributed by atoms with van der Waals surface area (Å²) in [6, 6.07) is 0. The van der Waals surface area contributed by atoms with E-state index in [1.165, 1.54) is 57.8 Å². The molecule has 0 spiro atoms. The van der Waals surface area contributed by atoms with Crippen molar-refractivity contribution in [2.75, 3.05) is 32.9 Å². The van der Waals surface area contributed by atoms with Gasteiger partial charge in [0.25, 0.3) is 10.1 Å². The molecular weight excluding hydrogens is 314 g/mol. The highest BCUT2D eigenvalue weighted by molar-refractivity contribution is 7.85. The number of aliphatic hydroxyl groups excluding tert-OH is 1. The molecule has 0 unspecified atom stereocenters. The van der Waals surface area contributed by atoms with Gasteiger partial charge in [0.05, 0.1) is 20.6 Å². The van der Waals surface area contributed by atoms with Crippen LogP contribution in [0.15, 0.2) is 0 Å². The molecule has 0 bridgehead atoms. The average molecular weight is 353 g/mol. The first-order valence-electron chi connectivity index (χ1n) is 9.11. The lowest BCUT2D eigenvalue weighted by Gasteiger charge is -2.31. The lowest BCUT2D eigenvalue weighted by atomic mass is 10.1. The van der Waals surface area contributed by atoms with Crippen molar-refractivity contribution in [3.05, 3.63) is 0 Å². The Kier molecular flexibility index (Phi) is 12.1. The van der Waals surface area contributed by atoms with Crippen LogP contribution in [0.4, 0.5) is 0 Å². The van der Waals surface area contributed by atoms with E-state index in [1.807, 2.05) is 14.1 Å². The normalized spacial score (nSPS) is 14.1. The summed E-state index contributed by atoms with van der Waals surface area (Å²) in [4.78, 5) is 0. The van der Waals surface area contributed by atoms with Gasteiger partial charge in [0.1, 0.15) is 18.4 Å². The van der Waals surface area contributed by atoms with E-state index in [0.29, 0.717) is 11.0 Å². The largest absolute Gasteiger partial charge is 0.386 e. The minimum atomic E-state index is -4.10. The van der Waals surface area contributed by atoms with Crippen LogP contribution < -0.4 is 0 Å². The molecule has 0 amide bonds. The maximum absolute atomic E-state index is 10.8.